The number of amides is 1. The second kappa shape index (κ2) is 6.75. The van der Waals surface area contributed by atoms with E-state index in [0.717, 1.165) is 12.3 Å². The van der Waals surface area contributed by atoms with Crippen LogP contribution in [0.5, 0.6) is 0 Å². The Kier molecular flexibility index (Phi) is 4.60. The van der Waals surface area contributed by atoms with E-state index in [1.54, 1.807) is 6.08 Å². The van der Waals surface area contributed by atoms with E-state index in [4.69, 9.17) is 0 Å². The largest absolute Gasteiger partial charge is 0.433 e. The highest BCUT2D eigenvalue weighted by Crippen LogP contribution is 2.64. The Labute approximate surface area is 162 Å². The van der Waals surface area contributed by atoms with E-state index in [-0.39, 0.29) is 31.8 Å². The number of pyridine rings is 1. The Morgan fingerprint density at radius 1 is 1.31 bits per heavy atom. The van der Waals surface area contributed by atoms with E-state index in [0.29, 0.717) is 11.3 Å². The fourth-order valence-corrected chi connectivity index (χ4v) is 3.66. The molecule has 1 aromatic rings. The Morgan fingerprint density at radius 2 is 2.07 bits per heavy atom. The molecule has 1 spiro atoms. The van der Waals surface area contributed by atoms with Crippen molar-refractivity contribution in [3.05, 3.63) is 35.7 Å². The van der Waals surface area contributed by atoms with Gasteiger partial charge in [-0.05, 0) is 24.6 Å². The highest BCUT2D eigenvalue weighted by molar-refractivity contribution is 5.83. The minimum absolute atomic E-state index is 0.0969. The summed E-state index contributed by atoms with van der Waals surface area (Å²) in [5.74, 6) is -3.08. The average Bonchev–Trinajstić information content (AvgIpc) is 3.00. The first-order valence-corrected chi connectivity index (χ1v) is 9.02. The number of aromatic nitrogens is 1. The molecule has 29 heavy (non-hydrogen) atoms. The third-order valence-corrected chi connectivity index (χ3v) is 5.50. The molecule has 0 bridgehead atoms. The molecular weight excluding hydrogens is 397 g/mol. The predicted octanol–water partition coefficient (Wildman–Crippen LogP) is 1.94. The Morgan fingerprint density at radius 3 is 2.66 bits per heavy atom. The van der Waals surface area contributed by atoms with Gasteiger partial charge in [0.15, 0.2) is 0 Å². The molecule has 2 aliphatic heterocycles. The van der Waals surface area contributed by atoms with Gasteiger partial charge in [-0.2, -0.15) is 13.2 Å². The summed E-state index contributed by atoms with van der Waals surface area (Å²) >= 11 is 0. The standard InChI is InChI=1S/C18H18F5N5O/c19-17(20)7-16(17)4-13(26-8-16)15(29)25-6-11-3-12(28-9-27-11)10-1-2-14(24-5-10)18(21,22)23/h1-3,5,9,11,13,26H,4,6-8H2,(H,25,29)(H,27,28). The van der Waals surface area contributed by atoms with E-state index in [2.05, 4.69) is 25.9 Å². The smallest absolute Gasteiger partial charge is 0.352 e. The van der Waals surface area contributed by atoms with Crippen LogP contribution in [0.2, 0.25) is 0 Å². The van der Waals surface area contributed by atoms with E-state index in [1.165, 1.54) is 12.4 Å². The maximum atomic E-state index is 13.4. The van der Waals surface area contributed by atoms with Gasteiger partial charge in [0.1, 0.15) is 5.69 Å². The number of carbonyl (C=O) groups is 1. The van der Waals surface area contributed by atoms with Gasteiger partial charge in [0.05, 0.1) is 23.8 Å². The lowest BCUT2D eigenvalue weighted by atomic mass is 10.0. The first-order chi connectivity index (χ1) is 13.6. The van der Waals surface area contributed by atoms with Gasteiger partial charge in [-0.25, -0.2) is 8.78 Å². The van der Waals surface area contributed by atoms with E-state index in [1.807, 2.05) is 0 Å². The first-order valence-electron chi connectivity index (χ1n) is 9.02. The Hall–Kier alpha value is -2.56. The molecule has 3 heterocycles. The van der Waals surface area contributed by atoms with Crippen LogP contribution in [-0.2, 0) is 11.0 Å². The van der Waals surface area contributed by atoms with Gasteiger partial charge in [-0.3, -0.25) is 14.8 Å². The molecule has 6 nitrogen and oxygen atoms in total. The van der Waals surface area contributed by atoms with Crippen LogP contribution >= 0.6 is 0 Å². The molecular formula is C18H18F5N5O. The number of alkyl halides is 5. The third kappa shape index (κ3) is 3.83. The van der Waals surface area contributed by atoms with Gasteiger partial charge in [0.2, 0.25) is 5.91 Å². The number of hydrogen-bond donors (Lipinski definition) is 3. The van der Waals surface area contributed by atoms with Crippen LogP contribution in [0.25, 0.3) is 5.70 Å². The number of nitrogens with zero attached hydrogens (tertiary/aromatic N) is 2. The van der Waals surface area contributed by atoms with E-state index < -0.39 is 35.3 Å². The molecule has 2 fully saturated rings. The second-order valence-electron chi connectivity index (χ2n) is 7.54. The van der Waals surface area contributed by atoms with Gasteiger partial charge in [-0.15, -0.1) is 0 Å². The predicted molar refractivity (Wildman–Crippen MR) is 94.0 cm³/mol. The molecule has 3 aliphatic rings. The van der Waals surface area contributed by atoms with Crippen molar-refractivity contribution in [3.63, 3.8) is 0 Å². The quantitative estimate of drug-likeness (QED) is 0.657. The molecule has 4 rings (SSSR count). The van der Waals surface area contributed by atoms with Crippen molar-refractivity contribution in [2.75, 3.05) is 13.1 Å². The lowest BCUT2D eigenvalue weighted by molar-refractivity contribution is -0.141. The maximum absolute atomic E-state index is 13.4. The zero-order valence-electron chi connectivity index (χ0n) is 15.1. The van der Waals surface area contributed by atoms with Crippen molar-refractivity contribution >= 4 is 17.9 Å². The van der Waals surface area contributed by atoms with Crippen molar-refractivity contribution in [2.24, 2.45) is 10.4 Å². The van der Waals surface area contributed by atoms with Gasteiger partial charge in [0.25, 0.3) is 5.92 Å². The summed E-state index contributed by atoms with van der Waals surface area (Å²) in [6, 6.07) is 1.06. The summed E-state index contributed by atoms with van der Waals surface area (Å²) in [5, 5.41) is 8.37. The first kappa shape index (κ1) is 19.7. The molecule has 3 N–H and O–H groups in total. The normalized spacial score (nSPS) is 30.0. The Balaban J connectivity index is 1.34. The number of hydrogen-bond acceptors (Lipinski definition) is 5. The van der Waals surface area contributed by atoms with E-state index >= 15 is 0 Å². The Bertz CT molecular complexity index is 866. The van der Waals surface area contributed by atoms with Crippen molar-refractivity contribution in [3.8, 4) is 0 Å². The fraction of sp³-hybridized carbons (Fsp3) is 0.500. The van der Waals surface area contributed by atoms with E-state index in [9.17, 15) is 26.7 Å². The number of halogens is 5. The highest BCUT2D eigenvalue weighted by Gasteiger charge is 2.73. The SMILES string of the molecule is O=C(NCC1C=C(c2ccc(C(F)(F)F)nc2)NC=N1)C1CC2(CN1)CC2(F)F. The molecule has 1 amide bonds. The van der Waals surface area contributed by atoms with Crippen LogP contribution < -0.4 is 16.0 Å². The number of carbonyl (C=O) groups excluding carboxylic acids is 1. The van der Waals surface area contributed by atoms with Crippen molar-refractivity contribution < 1.29 is 26.7 Å². The third-order valence-electron chi connectivity index (χ3n) is 5.50. The van der Waals surface area contributed by atoms with Crippen LogP contribution in [0.4, 0.5) is 22.0 Å². The van der Waals surface area contributed by atoms with Crippen molar-refractivity contribution in [2.45, 2.75) is 37.0 Å². The molecule has 156 valence electrons. The molecule has 1 aromatic heterocycles. The second-order valence-corrected chi connectivity index (χ2v) is 7.54. The number of nitrogens with one attached hydrogen (secondary N) is 3. The van der Waals surface area contributed by atoms with Crippen LogP contribution in [0, 0.1) is 5.41 Å². The zero-order chi connectivity index (χ0) is 20.9. The monoisotopic (exact) mass is 415 g/mol. The van der Waals surface area contributed by atoms with Crippen LogP contribution in [0.15, 0.2) is 29.4 Å². The molecule has 0 aromatic carbocycles. The lowest BCUT2D eigenvalue weighted by Crippen LogP contribution is -2.43. The fourth-order valence-electron chi connectivity index (χ4n) is 3.66. The van der Waals surface area contributed by atoms with Gasteiger partial charge in [0, 0.05) is 37.0 Å². The van der Waals surface area contributed by atoms with Gasteiger partial charge in [-0.1, -0.05) is 0 Å². The summed E-state index contributed by atoms with van der Waals surface area (Å²) in [7, 11) is 0. The molecule has 1 saturated carbocycles. The van der Waals surface area contributed by atoms with Gasteiger partial charge < -0.3 is 16.0 Å². The number of rotatable bonds is 4. The van der Waals surface area contributed by atoms with Crippen LogP contribution in [0.1, 0.15) is 24.1 Å². The number of aliphatic imine (C=N–C) groups is 1. The summed E-state index contributed by atoms with van der Waals surface area (Å²) in [4.78, 5) is 19.8. The highest BCUT2D eigenvalue weighted by atomic mass is 19.4. The van der Waals surface area contributed by atoms with Crippen molar-refractivity contribution in [1.82, 2.24) is 20.9 Å². The molecule has 0 radical (unpaired) electrons. The lowest BCUT2D eigenvalue weighted by Gasteiger charge is -2.19. The summed E-state index contributed by atoms with van der Waals surface area (Å²) in [5.41, 5.74) is -1.13. The molecule has 1 aliphatic carbocycles. The molecule has 3 unspecified atom stereocenters. The molecule has 3 atom stereocenters. The summed E-state index contributed by atoms with van der Waals surface area (Å²) in [6.45, 7) is 0.255. The maximum Gasteiger partial charge on any atom is 0.433 e. The summed E-state index contributed by atoms with van der Waals surface area (Å²) in [6.07, 6.45) is -0.463. The van der Waals surface area contributed by atoms with Crippen molar-refractivity contribution in [1.29, 1.82) is 0 Å². The minimum Gasteiger partial charge on any atom is -0.352 e. The minimum atomic E-state index is -4.52. The van der Waals surface area contributed by atoms with Gasteiger partial charge >= 0.3 is 6.18 Å². The van der Waals surface area contributed by atoms with Crippen LogP contribution in [-0.4, -0.2) is 48.3 Å². The molecule has 1 saturated heterocycles. The van der Waals surface area contributed by atoms with Crippen LogP contribution in [0.3, 0.4) is 0 Å². The summed E-state index contributed by atoms with van der Waals surface area (Å²) < 4.78 is 64.7. The molecule has 11 heteroatoms. The topological polar surface area (TPSA) is 78.4 Å². The average molecular weight is 415 g/mol. The zero-order valence-corrected chi connectivity index (χ0v) is 15.1.